The average Bonchev–Trinajstić information content (AvgIpc) is 3.13. The number of aromatic nitrogens is 2. The Labute approximate surface area is 195 Å². The van der Waals surface area contributed by atoms with Crippen molar-refractivity contribution in [2.45, 2.75) is 38.1 Å². The first-order valence-electron chi connectivity index (χ1n) is 10.9. The molecule has 0 atom stereocenters. The summed E-state index contributed by atoms with van der Waals surface area (Å²) in [5, 5.41) is 9.85. The molecule has 0 saturated heterocycles. The zero-order valence-corrected chi connectivity index (χ0v) is 20.1. The van der Waals surface area contributed by atoms with Crippen molar-refractivity contribution in [3.05, 3.63) is 76.9 Å². The number of primary sulfonamides is 1. The number of hydrogen-bond donors (Lipinski definition) is 1. The van der Waals surface area contributed by atoms with Crippen LogP contribution in [0.4, 0.5) is 4.39 Å². The summed E-state index contributed by atoms with van der Waals surface area (Å²) in [6.07, 6.45) is 1.54. The van der Waals surface area contributed by atoms with E-state index in [9.17, 15) is 8.42 Å². The van der Waals surface area contributed by atoms with Crippen molar-refractivity contribution in [1.29, 1.82) is 0 Å². The minimum Gasteiger partial charge on any atom is -0.383 e. The number of nitrogens with zero attached hydrogens (tertiary/aromatic N) is 3. The minimum atomic E-state index is -4.00. The molecule has 0 bridgehead atoms. The van der Waals surface area contributed by atoms with Gasteiger partial charge in [0, 0.05) is 32.3 Å². The maximum absolute atomic E-state index is 15.0. The van der Waals surface area contributed by atoms with Crippen molar-refractivity contribution >= 4 is 10.0 Å². The molecule has 33 heavy (non-hydrogen) atoms. The second-order valence-electron chi connectivity index (χ2n) is 8.13. The van der Waals surface area contributed by atoms with Gasteiger partial charge in [-0.25, -0.2) is 22.6 Å². The second kappa shape index (κ2) is 11.0. The molecule has 2 aromatic carbocycles. The normalized spacial score (nSPS) is 11.9. The van der Waals surface area contributed by atoms with Crippen LogP contribution in [0.25, 0.3) is 5.69 Å². The highest BCUT2D eigenvalue weighted by atomic mass is 32.2. The Balaban J connectivity index is 2.01. The van der Waals surface area contributed by atoms with Gasteiger partial charge in [0.1, 0.15) is 11.5 Å². The summed E-state index contributed by atoms with van der Waals surface area (Å²) in [6.45, 7) is 7.01. The van der Waals surface area contributed by atoms with E-state index in [1.807, 2.05) is 31.2 Å². The van der Waals surface area contributed by atoms with Crippen LogP contribution < -0.4 is 5.14 Å². The lowest BCUT2D eigenvalue weighted by Crippen LogP contribution is -2.28. The Bertz CT molecular complexity index is 1190. The van der Waals surface area contributed by atoms with Gasteiger partial charge in [-0.1, -0.05) is 36.8 Å². The molecule has 0 fully saturated rings. The molecule has 0 spiro atoms. The Hall–Kier alpha value is -2.59. The van der Waals surface area contributed by atoms with E-state index in [0.717, 1.165) is 48.1 Å². The van der Waals surface area contributed by atoms with E-state index in [2.05, 4.69) is 17.9 Å². The highest BCUT2D eigenvalue weighted by molar-refractivity contribution is 7.89. The number of hydrogen-bond acceptors (Lipinski definition) is 5. The molecule has 3 aromatic rings. The van der Waals surface area contributed by atoms with Gasteiger partial charge in [0.25, 0.3) is 0 Å². The average molecular weight is 475 g/mol. The van der Waals surface area contributed by atoms with Crippen LogP contribution in [0.1, 0.15) is 35.9 Å². The van der Waals surface area contributed by atoms with Crippen molar-refractivity contribution in [1.82, 2.24) is 14.7 Å². The van der Waals surface area contributed by atoms with Crippen LogP contribution >= 0.6 is 0 Å². The summed E-state index contributed by atoms with van der Waals surface area (Å²) in [5.41, 5.74) is 4.00. The van der Waals surface area contributed by atoms with E-state index < -0.39 is 15.8 Å². The van der Waals surface area contributed by atoms with E-state index in [4.69, 9.17) is 15.0 Å². The molecule has 2 N–H and O–H groups in total. The minimum absolute atomic E-state index is 0.176. The third-order valence-corrected chi connectivity index (χ3v) is 6.23. The van der Waals surface area contributed by atoms with Crippen LogP contribution in [0.5, 0.6) is 0 Å². The zero-order valence-electron chi connectivity index (χ0n) is 19.3. The number of ether oxygens (including phenoxy) is 1. The molecule has 0 saturated carbocycles. The first kappa shape index (κ1) is 25.0. The number of benzene rings is 2. The summed E-state index contributed by atoms with van der Waals surface area (Å²) in [5.74, 6) is -0.702. The monoisotopic (exact) mass is 474 g/mol. The van der Waals surface area contributed by atoms with Crippen LogP contribution in [0.3, 0.4) is 0 Å². The van der Waals surface area contributed by atoms with Crippen molar-refractivity contribution in [3.8, 4) is 5.69 Å². The van der Waals surface area contributed by atoms with Gasteiger partial charge in [-0.05, 0) is 49.7 Å². The third-order valence-electron chi connectivity index (χ3n) is 5.31. The lowest BCUT2D eigenvalue weighted by atomic mass is 10.1. The first-order chi connectivity index (χ1) is 15.7. The zero-order chi connectivity index (χ0) is 24.0. The fourth-order valence-electron chi connectivity index (χ4n) is 3.79. The number of aryl methyl sites for hydroxylation is 1. The van der Waals surface area contributed by atoms with Crippen LogP contribution in [0.15, 0.2) is 53.4 Å². The largest absolute Gasteiger partial charge is 0.383 e. The molecule has 0 aliphatic rings. The molecule has 0 aliphatic heterocycles. The quantitative estimate of drug-likeness (QED) is 0.460. The molecule has 3 rings (SSSR count). The summed E-state index contributed by atoms with van der Waals surface area (Å²) >= 11 is 0. The van der Waals surface area contributed by atoms with E-state index >= 15 is 4.39 Å². The van der Waals surface area contributed by atoms with E-state index in [-0.39, 0.29) is 10.6 Å². The SMILES string of the molecule is CCCN(CCOC)Cc1cc(Cc2cccc(C)c2)n(-c2ccc(S(N)(=O)=O)cc2F)n1. The molecule has 0 amide bonds. The maximum atomic E-state index is 15.0. The van der Waals surface area contributed by atoms with Crippen molar-refractivity contribution < 1.29 is 17.5 Å². The predicted octanol–water partition coefficient (Wildman–Crippen LogP) is 3.42. The second-order valence-corrected chi connectivity index (χ2v) is 9.69. The van der Waals surface area contributed by atoms with E-state index in [1.54, 1.807) is 11.8 Å². The van der Waals surface area contributed by atoms with Gasteiger partial charge in [-0.2, -0.15) is 5.10 Å². The smallest absolute Gasteiger partial charge is 0.238 e. The summed E-state index contributed by atoms with van der Waals surface area (Å²) in [7, 11) is -2.33. The lowest BCUT2D eigenvalue weighted by Gasteiger charge is -2.19. The molecular weight excluding hydrogens is 443 g/mol. The Kier molecular flexibility index (Phi) is 8.36. The first-order valence-corrected chi connectivity index (χ1v) is 12.4. The number of methoxy groups -OCH3 is 1. The lowest BCUT2D eigenvalue weighted by molar-refractivity contribution is 0.143. The summed E-state index contributed by atoms with van der Waals surface area (Å²) in [4.78, 5) is 1.97. The molecular formula is C24H31FN4O3S. The van der Waals surface area contributed by atoms with Gasteiger partial charge in [-0.3, -0.25) is 4.90 Å². The Morgan fingerprint density at radius 2 is 1.94 bits per heavy atom. The highest BCUT2D eigenvalue weighted by Crippen LogP contribution is 2.22. The van der Waals surface area contributed by atoms with Crippen molar-refractivity contribution in [2.24, 2.45) is 5.14 Å². The topological polar surface area (TPSA) is 90.5 Å². The maximum Gasteiger partial charge on any atom is 0.238 e. The molecule has 0 radical (unpaired) electrons. The van der Waals surface area contributed by atoms with E-state index in [0.29, 0.717) is 19.6 Å². The van der Waals surface area contributed by atoms with Crippen LogP contribution in [0, 0.1) is 12.7 Å². The highest BCUT2D eigenvalue weighted by Gasteiger charge is 2.18. The molecule has 178 valence electrons. The van der Waals surface area contributed by atoms with Crippen LogP contribution in [-0.4, -0.2) is 49.9 Å². The van der Waals surface area contributed by atoms with Gasteiger partial charge in [0.15, 0.2) is 0 Å². The Morgan fingerprint density at radius 3 is 2.58 bits per heavy atom. The number of rotatable bonds is 11. The van der Waals surface area contributed by atoms with Gasteiger partial charge in [0.2, 0.25) is 10.0 Å². The summed E-state index contributed by atoms with van der Waals surface area (Å²) < 4.78 is 45.0. The molecule has 7 nitrogen and oxygen atoms in total. The standard InChI is InChI=1S/C24H31FN4O3S/c1-4-10-28(11-12-32-3)17-20-15-21(14-19-7-5-6-18(2)13-19)29(27-20)24-9-8-22(16-23(24)25)33(26,30)31/h5-9,13,15-16H,4,10-12,14,17H2,1-3H3,(H2,26,30,31). The van der Waals surface area contributed by atoms with Gasteiger partial charge < -0.3 is 4.74 Å². The van der Waals surface area contributed by atoms with Crippen molar-refractivity contribution in [2.75, 3.05) is 26.8 Å². The van der Waals surface area contributed by atoms with Gasteiger partial charge in [-0.15, -0.1) is 0 Å². The fourth-order valence-corrected chi connectivity index (χ4v) is 4.32. The third kappa shape index (κ3) is 6.70. The molecule has 9 heteroatoms. The molecule has 0 aliphatic carbocycles. The van der Waals surface area contributed by atoms with E-state index in [1.165, 1.54) is 12.1 Å². The van der Waals surface area contributed by atoms with Crippen LogP contribution in [-0.2, 0) is 27.7 Å². The van der Waals surface area contributed by atoms with Gasteiger partial charge >= 0.3 is 0 Å². The number of nitrogens with two attached hydrogens (primary N) is 1. The fraction of sp³-hybridized carbons (Fsp3) is 0.375. The van der Waals surface area contributed by atoms with Crippen LogP contribution in [0.2, 0.25) is 0 Å². The number of halogens is 1. The molecule has 0 unspecified atom stereocenters. The molecule has 1 aromatic heterocycles. The number of sulfonamides is 1. The van der Waals surface area contributed by atoms with Crippen molar-refractivity contribution in [3.63, 3.8) is 0 Å². The molecule has 1 heterocycles. The predicted molar refractivity (Wildman–Crippen MR) is 126 cm³/mol. The Morgan fingerprint density at radius 1 is 1.15 bits per heavy atom. The van der Waals surface area contributed by atoms with Gasteiger partial charge in [0.05, 0.1) is 17.2 Å². The summed E-state index contributed by atoms with van der Waals surface area (Å²) in [6, 6.07) is 13.7.